The third-order valence-corrected chi connectivity index (χ3v) is 3.38. The molecule has 3 atom stereocenters. The van der Waals surface area contributed by atoms with Crippen LogP contribution in [0, 0.1) is 28.6 Å². The second kappa shape index (κ2) is 9.59. The van der Waals surface area contributed by atoms with E-state index in [4.69, 9.17) is 59.7 Å². The molecule has 8 heteroatoms. The van der Waals surface area contributed by atoms with Gasteiger partial charge in [-0.05, 0) is 18.4 Å². The second-order valence-corrected chi connectivity index (χ2v) is 7.38. The smallest absolute Gasteiger partial charge is 0.265 e. The van der Waals surface area contributed by atoms with E-state index in [1.807, 2.05) is 13.8 Å². The molecule has 0 radical (unpaired) electrons. The van der Waals surface area contributed by atoms with E-state index in [-0.39, 0.29) is 12.7 Å². The highest BCUT2D eigenvalue weighted by molar-refractivity contribution is 6.76. The van der Waals surface area contributed by atoms with Crippen molar-refractivity contribution in [3.63, 3.8) is 0 Å². The van der Waals surface area contributed by atoms with Gasteiger partial charge in [-0.25, -0.2) is 0 Å². The number of nitrogens with zero attached hydrogens (tertiary/aromatic N) is 1. The summed E-state index contributed by atoms with van der Waals surface area (Å²) in [5.41, 5.74) is 0.486. The first kappa shape index (κ1) is 21.5. The van der Waals surface area contributed by atoms with Crippen LogP contribution in [0.25, 0.3) is 0 Å². The van der Waals surface area contributed by atoms with Crippen molar-refractivity contribution >= 4 is 40.7 Å². The molecule has 0 aliphatic rings. The lowest BCUT2D eigenvalue weighted by molar-refractivity contribution is -0.0747. The average Bonchev–Trinajstić information content (AvgIpc) is 2.42. The zero-order valence-corrected chi connectivity index (χ0v) is 15.3. The van der Waals surface area contributed by atoms with Crippen LogP contribution < -0.4 is 0 Å². The molecule has 0 saturated heterocycles. The molecule has 126 valence electrons. The third-order valence-electron chi connectivity index (χ3n) is 2.86. The lowest BCUT2D eigenvalue weighted by atomic mass is 9.90. The van der Waals surface area contributed by atoms with Crippen LogP contribution in [-0.2, 0) is 14.2 Å². The first-order chi connectivity index (χ1) is 10.1. The van der Waals surface area contributed by atoms with Crippen molar-refractivity contribution in [1.29, 1.82) is 10.7 Å². The van der Waals surface area contributed by atoms with Gasteiger partial charge in [0.1, 0.15) is 19.0 Å². The van der Waals surface area contributed by atoms with Crippen molar-refractivity contribution in [3.05, 3.63) is 12.2 Å². The Labute approximate surface area is 146 Å². The van der Waals surface area contributed by atoms with Crippen LogP contribution in [0.1, 0.15) is 20.8 Å². The molecule has 0 unspecified atom stereocenters. The van der Waals surface area contributed by atoms with E-state index in [1.54, 1.807) is 6.92 Å². The standard InChI is InChI=1S/C14H21Cl3N2O3/c1-8(2)11(22-13(19)14(15,16)17)10(4)12(9(3)6-18)21-7-20-5/h8-9,11-12,19H,4,7H2,1-3,5H3/t9-,11-,12-/m0/s1. The summed E-state index contributed by atoms with van der Waals surface area (Å²) >= 11 is 16.9. The van der Waals surface area contributed by atoms with Gasteiger partial charge in [0, 0.05) is 7.11 Å². The maximum atomic E-state index is 9.13. The van der Waals surface area contributed by atoms with Crippen LogP contribution in [0.3, 0.4) is 0 Å². The molecular formula is C14H21Cl3N2O3. The SMILES string of the molecule is C=C([C@@H](OC(=N)C(Cl)(Cl)Cl)C(C)C)[C@@H](OCOC)[C@@H](C)C#N. The molecule has 0 aromatic rings. The van der Waals surface area contributed by atoms with E-state index in [0.717, 1.165) is 0 Å². The van der Waals surface area contributed by atoms with Crippen molar-refractivity contribution in [3.8, 4) is 6.07 Å². The van der Waals surface area contributed by atoms with E-state index in [1.165, 1.54) is 7.11 Å². The van der Waals surface area contributed by atoms with E-state index < -0.39 is 27.8 Å². The first-order valence-electron chi connectivity index (χ1n) is 6.57. The van der Waals surface area contributed by atoms with Gasteiger partial charge < -0.3 is 14.2 Å². The molecule has 0 aromatic carbocycles. The van der Waals surface area contributed by atoms with Gasteiger partial charge in [0.15, 0.2) is 0 Å². The van der Waals surface area contributed by atoms with Crippen LogP contribution >= 0.6 is 34.8 Å². The van der Waals surface area contributed by atoms with E-state index in [2.05, 4.69) is 12.6 Å². The van der Waals surface area contributed by atoms with Gasteiger partial charge in [0.25, 0.3) is 3.79 Å². The number of hydrogen-bond donors (Lipinski definition) is 1. The van der Waals surface area contributed by atoms with Crippen LogP contribution in [-0.4, -0.2) is 35.8 Å². The van der Waals surface area contributed by atoms with Gasteiger partial charge in [-0.3, -0.25) is 5.41 Å². The van der Waals surface area contributed by atoms with Gasteiger partial charge in [0.05, 0.1) is 12.0 Å². The van der Waals surface area contributed by atoms with Crippen molar-refractivity contribution in [2.75, 3.05) is 13.9 Å². The predicted octanol–water partition coefficient (Wildman–Crippen LogP) is 4.08. The Kier molecular flexibility index (Phi) is 9.37. The number of alkyl halides is 3. The summed E-state index contributed by atoms with van der Waals surface area (Å²) in [6.07, 6.45) is -1.26. The molecule has 0 bridgehead atoms. The molecule has 1 N–H and O–H groups in total. The highest BCUT2D eigenvalue weighted by atomic mass is 35.6. The summed E-state index contributed by atoms with van der Waals surface area (Å²) in [6, 6.07) is 2.10. The first-order valence-corrected chi connectivity index (χ1v) is 7.70. The minimum absolute atomic E-state index is 0.00241. The normalized spacial score (nSPS) is 15.8. The van der Waals surface area contributed by atoms with Crippen LogP contribution in [0.4, 0.5) is 0 Å². The van der Waals surface area contributed by atoms with E-state index in [9.17, 15) is 0 Å². The maximum Gasteiger partial charge on any atom is 0.265 e. The highest BCUT2D eigenvalue weighted by Crippen LogP contribution is 2.31. The van der Waals surface area contributed by atoms with Gasteiger partial charge in [-0.2, -0.15) is 5.26 Å². The molecule has 0 spiro atoms. The van der Waals surface area contributed by atoms with Gasteiger partial charge in [-0.15, -0.1) is 0 Å². The Hall–Kier alpha value is -0.510. The van der Waals surface area contributed by atoms with E-state index >= 15 is 0 Å². The van der Waals surface area contributed by atoms with Crippen molar-refractivity contribution in [1.82, 2.24) is 0 Å². The fourth-order valence-electron chi connectivity index (χ4n) is 1.78. The number of hydrogen-bond acceptors (Lipinski definition) is 5. The summed E-state index contributed by atoms with van der Waals surface area (Å²) in [7, 11) is 1.48. The average molecular weight is 372 g/mol. The fraction of sp³-hybridized carbons (Fsp3) is 0.714. The highest BCUT2D eigenvalue weighted by Gasteiger charge is 2.35. The number of ether oxygens (including phenoxy) is 3. The van der Waals surface area contributed by atoms with Crippen molar-refractivity contribution in [2.45, 2.75) is 36.8 Å². The molecule has 0 fully saturated rings. The second-order valence-electron chi connectivity index (χ2n) is 5.10. The third kappa shape index (κ3) is 6.72. The molecule has 0 aromatic heterocycles. The number of rotatable bonds is 8. The monoisotopic (exact) mass is 370 g/mol. The Balaban J connectivity index is 5.24. The summed E-state index contributed by atoms with van der Waals surface area (Å²) in [6.45, 7) is 9.39. The zero-order chi connectivity index (χ0) is 17.5. The lowest BCUT2D eigenvalue weighted by Gasteiger charge is -2.31. The Morgan fingerprint density at radius 2 is 1.82 bits per heavy atom. The van der Waals surface area contributed by atoms with Gasteiger partial charge >= 0.3 is 0 Å². The van der Waals surface area contributed by atoms with Crippen molar-refractivity contribution < 1.29 is 14.2 Å². The van der Waals surface area contributed by atoms with Crippen LogP contribution in [0.5, 0.6) is 0 Å². The molecule has 0 amide bonds. The molecule has 22 heavy (non-hydrogen) atoms. The summed E-state index contributed by atoms with van der Waals surface area (Å²) < 4.78 is 13.9. The zero-order valence-electron chi connectivity index (χ0n) is 13.0. The Morgan fingerprint density at radius 3 is 2.18 bits per heavy atom. The topological polar surface area (TPSA) is 75.3 Å². The molecule has 0 aliphatic heterocycles. The lowest BCUT2D eigenvalue weighted by Crippen LogP contribution is -2.37. The van der Waals surface area contributed by atoms with Crippen LogP contribution in [0.15, 0.2) is 12.2 Å². The molecule has 0 heterocycles. The molecule has 0 rings (SSSR count). The summed E-state index contributed by atoms with van der Waals surface area (Å²) in [5, 5.41) is 16.8. The number of halogens is 3. The minimum Gasteiger partial charge on any atom is -0.470 e. The molecule has 0 aliphatic carbocycles. The van der Waals surface area contributed by atoms with Gasteiger partial charge in [0.2, 0.25) is 5.90 Å². The number of nitrogens with one attached hydrogen (secondary N) is 1. The van der Waals surface area contributed by atoms with Crippen molar-refractivity contribution in [2.24, 2.45) is 11.8 Å². The fourth-order valence-corrected chi connectivity index (χ4v) is 1.91. The molecule has 0 saturated carbocycles. The Morgan fingerprint density at radius 1 is 1.27 bits per heavy atom. The summed E-state index contributed by atoms with van der Waals surface area (Å²) in [5.74, 6) is -1.05. The Bertz CT molecular complexity index is 430. The largest absolute Gasteiger partial charge is 0.470 e. The predicted molar refractivity (Wildman–Crippen MR) is 88.4 cm³/mol. The number of nitriles is 1. The quantitative estimate of drug-likeness (QED) is 0.229. The summed E-state index contributed by atoms with van der Waals surface area (Å²) in [4.78, 5) is 0. The van der Waals surface area contributed by atoms with Crippen LogP contribution in [0.2, 0.25) is 0 Å². The minimum atomic E-state index is -1.96. The molecular weight excluding hydrogens is 351 g/mol. The maximum absolute atomic E-state index is 9.13. The van der Waals surface area contributed by atoms with E-state index in [0.29, 0.717) is 5.57 Å². The van der Waals surface area contributed by atoms with Gasteiger partial charge in [-0.1, -0.05) is 55.2 Å². The molecule has 5 nitrogen and oxygen atoms in total. The number of methoxy groups -OCH3 is 1.